The van der Waals surface area contributed by atoms with E-state index in [4.69, 9.17) is 0 Å². The fraction of sp³-hybridized carbons (Fsp3) is 0.278. The normalized spacial score (nSPS) is 13.0. The zero-order valence-electron chi connectivity index (χ0n) is 15.2. The monoisotopic (exact) mass is 422 g/mol. The highest BCUT2D eigenvalue weighted by Gasteiger charge is 2.28. The number of rotatable bonds is 7. The molecule has 1 aromatic heterocycles. The first-order valence-electron chi connectivity index (χ1n) is 8.56. The van der Waals surface area contributed by atoms with Gasteiger partial charge in [0.05, 0.1) is 11.7 Å². The highest BCUT2D eigenvalue weighted by Crippen LogP contribution is 2.22. The van der Waals surface area contributed by atoms with E-state index in [9.17, 15) is 17.6 Å². The quantitative estimate of drug-likeness (QED) is 0.609. The van der Waals surface area contributed by atoms with Gasteiger partial charge in [-0.25, -0.2) is 12.8 Å². The lowest BCUT2D eigenvalue weighted by Gasteiger charge is -2.20. The minimum Gasteiger partial charge on any atom is -0.325 e. The summed E-state index contributed by atoms with van der Waals surface area (Å²) in [6, 6.07) is 9.04. The van der Waals surface area contributed by atoms with Crippen LogP contribution in [0.1, 0.15) is 20.3 Å². The van der Waals surface area contributed by atoms with Crippen LogP contribution in [-0.4, -0.2) is 29.1 Å². The second-order valence-electron chi connectivity index (χ2n) is 6.69. The topological polar surface area (TPSA) is 101 Å². The molecule has 2 N–H and O–H groups in total. The smallest absolute Gasteiger partial charge is 0.243 e. The van der Waals surface area contributed by atoms with Crippen molar-refractivity contribution in [3.8, 4) is 0 Å². The van der Waals surface area contributed by atoms with Crippen molar-refractivity contribution in [1.82, 2.24) is 13.5 Å². The number of amides is 1. The van der Waals surface area contributed by atoms with Gasteiger partial charge in [-0.3, -0.25) is 4.79 Å². The van der Waals surface area contributed by atoms with E-state index in [1.807, 2.05) is 13.8 Å². The number of carbonyl (C=O) groups is 1. The van der Waals surface area contributed by atoms with Crippen molar-refractivity contribution in [2.24, 2.45) is 5.92 Å². The summed E-state index contributed by atoms with van der Waals surface area (Å²) in [7, 11) is -4.03. The average Bonchev–Trinajstić information content (AvgIpc) is 3.09. The molecule has 2 aromatic carbocycles. The van der Waals surface area contributed by atoms with Gasteiger partial charge < -0.3 is 5.32 Å². The molecule has 1 heterocycles. The van der Waals surface area contributed by atoms with Gasteiger partial charge in [0.25, 0.3) is 0 Å². The fourth-order valence-electron chi connectivity index (χ4n) is 2.72. The van der Waals surface area contributed by atoms with E-state index in [-0.39, 0.29) is 28.4 Å². The molecule has 0 aliphatic rings. The number of benzene rings is 2. The van der Waals surface area contributed by atoms with Crippen LogP contribution in [0.5, 0.6) is 0 Å². The number of nitrogens with one attached hydrogen (secondary N) is 2. The summed E-state index contributed by atoms with van der Waals surface area (Å²) >= 11 is 0.915. The molecule has 0 spiro atoms. The zero-order valence-corrected chi connectivity index (χ0v) is 16.8. The Kier molecular flexibility index (Phi) is 6.01. The van der Waals surface area contributed by atoms with E-state index in [1.54, 1.807) is 12.1 Å². The molecule has 0 bridgehead atoms. The van der Waals surface area contributed by atoms with Crippen molar-refractivity contribution >= 4 is 44.4 Å². The van der Waals surface area contributed by atoms with Crippen LogP contribution in [0.3, 0.4) is 0 Å². The van der Waals surface area contributed by atoms with Crippen LogP contribution in [0.15, 0.2) is 47.4 Å². The number of carbonyl (C=O) groups excluding carboxylic acids is 1. The molecule has 7 nitrogen and oxygen atoms in total. The summed E-state index contributed by atoms with van der Waals surface area (Å²) in [5, 5.41) is 2.56. The molecule has 3 aromatic rings. The van der Waals surface area contributed by atoms with Gasteiger partial charge in [-0.15, -0.1) is 0 Å². The fourth-order valence-corrected chi connectivity index (χ4v) is 4.70. The third-order valence-electron chi connectivity index (χ3n) is 3.95. The van der Waals surface area contributed by atoms with Gasteiger partial charge in [0.2, 0.25) is 15.9 Å². The molecule has 0 aliphatic carbocycles. The number of hydrogen-bond acceptors (Lipinski definition) is 6. The van der Waals surface area contributed by atoms with Crippen LogP contribution in [-0.2, 0) is 14.8 Å². The molecule has 1 amide bonds. The van der Waals surface area contributed by atoms with E-state index in [0.717, 1.165) is 11.7 Å². The number of anilines is 1. The van der Waals surface area contributed by atoms with E-state index >= 15 is 0 Å². The summed E-state index contributed by atoms with van der Waals surface area (Å²) in [5.74, 6) is -1.02. The Morgan fingerprint density at radius 2 is 1.93 bits per heavy atom. The second-order valence-corrected chi connectivity index (χ2v) is 8.90. The Morgan fingerprint density at radius 3 is 2.64 bits per heavy atom. The highest BCUT2D eigenvalue weighted by molar-refractivity contribution is 7.89. The largest absolute Gasteiger partial charge is 0.325 e. The van der Waals surface area contributed by atoms with Gasteiger partial charge in [-0.2, -0.15) is 13.5 Å². The van der Waals surface area contributed by atoms with E-state index in [0.29, 0.717) is 5.52 Å². The second kappa shape index (κ2) is 8.29. The van der Waals surface area contributed by atoms with Crippen molar-refractivity contribution in [3.63, 3.8) is 0 Å². The van der Waals surface area contributed by atoms with Crippen LogP contribution in [0.25, 0.3) is 11.0 Å². The molecule has 0 fully saturated rings. The van der Waals surface area contributed by atoms with E-state index < -0.39 is 27.8 Å². The van der Waals surface area contributed by atoms with Crippen LogP contribution in [0, 0.1) is 11.7 Å². The first kappa shape index (κ1) is 20.3. The first-order chi connectivity index (χ1) is 13.3. The Morgan fingerprint density at radius 1 is 1.18 bits per heavy atom. The Labute approximate surface area is 166 Å². The summed E-state index contributed by atoms with van der Waals surface area (Å²) in [4.78, 5) is 12.7. The number of aromatic nitrogens is 2. The van der Waals surface area contributed by atoms with Gasteiger partial charge in [-0.05, 0) is 42.7 Å². The molecular formula is C18H19FN4O3S2. The zero-order chi connectivity index (χ0) is 20.3. The Bertz CT molecular complexity index is 1100. The molecule has 3 rings (SSSR count). The lowest BCUT2D eigenvalue weighted by atomic mass is 10.0. The van der Waals surface area contributed by atoms with Crippen molar-refractivity contribution in [2.45, 2.75) is 31.2 Å². The number of hydrogen-bond donors (Lipinski definition) is 2. The molecule has 0 radical (unpaired) electrons. The molecule has 148 valence electrons. The number of sulfonamides is 1. The van der Waals surface area contributed by atoms with Crippen molar-refractivity contribution in [3.05, 3.63) is 48.3 Å². The van der Waals surface area contributed by atoms with Gasteiger partial charge >= 0.3 is 0 Å². The number of nitrogens with zero attached hydrogens (tertiary/aromatic N) is 2. The highest BCUT2D eigenvalue weighted by atomic mass is 32.2. The van der Waals surface area contributed by atoms with Gasteiger partial charge in [0.1, 0.15) is 27.8 Å². The van der Waals surface area contributed by atoms with Crippen LogP contribution in [0.2, 0.25) is 0 Å². The molecular weight excluding hydrogens is 403 g/mol. The Balaban J connectivity index is 1.87. The van der Waals surface area contributed by atoms with Gasteiger partial charge in [0, 0.05) is 5.69 Å². The SMILES string of the molecule is CC(C)CC(NS(=O)(=O)c1cccc2nsnc12)C(=O)Nc1cccc(F)c1. The predicted molar refractivity (Wildman–Crippen MR) is 106 cm³/mol. The summed E-state index contributed by atoms with van der Waals surface area (Å²) < 4.78 is 49.8. The van der Waals surface area contributed by atoms with Crippen LogP contribution < -0.4 is 10.0 Å². The van der Waals surface area contributed by atoms with Crippen LogP contribution in [0.4, 0.5) is 10.1 Å². The summed E-state index contributed by atoms with van der Waals surface area (Å²) in [6.07, 6.45) is 0.270. The minimum absolute atomic E-state index is 0.0361. The number of fused-ring (bicyclic) bond motifs is 1. The molecule has 0 saturated carbocycles. The molecule has 1 unspecified atom stereocenters. The maximum Gasteiger partial charge on any atom is 0.243 e. The summed E-state index contributed by atoms with van der Waals surface area (Å²) in [6.45, 7) is 3.75. The number of halogens is 1. The molecule has 1 atom stereocenters. The van der Waals surface area contributed by atoms with Crippen molar-refractivity contribution in [1.29, 1.82) is 0 Å². The maximum absolute atomic E-state index is 13.4. The third kappa shape index (κ3) is 4.70. The lowest BCUT2D eigenvalue weighted by molar-refractivity contribution is -0.118. The minimum atomic E-state index is -4.03. The lowest BCUT2D eigenvalue weighted by Crippen LogP contribution is -2.44. The van der Waals surface area contributed by atoms with E-state index in [2.05, 4.69) is 18.8 Å². The predicted octanol–water partition coefficient (Wildman–Crippen LogP) is 3.16. The van der Waals surface area contributed by atoms with Gasteiger partial charge in [0.15, 0.2) is 0 Å². The average molecular weight is 423 g/mol. The molecule has 0 saturated heterocycles. The third-order valence-corrected chi connectivity index (χ3v) is 6.00. The maximum atomic E-state index is 13.4. The molecule has 10 heteroatoms. The van der Waals surface area contributed by atoms with E-state index in [1.165, 1.54) is 30.3 Å². The van der Waals surface area contributed by atoms with Gasteiger partial charge in [-0.1, -0.05) is 26.0 Å². The Hall–Kier alpha value is -2.43. The molecule has 28 heavy (non-hydrogen) atoms. The van der Waals surface area contributed by atoms with Crippen molar-refractivity contribution in [2.75, 3.05) is 5.32 Å². The van der Waals surface area contributed by atoms with Crippen LogP contribution >= 0.6 is 11.7 Å². The standard InChI is InChI=1S/C18H19FN4O3S2/c1-11(2)9-15(18(24)20-13-6-3-5-12(19)10-13)23-28(25,26)16-8-4-7-14-17(16)22-27-21-14/h3-8,10-11,15,23H,9H2,1-2H3,(H,20,24). The first-order valence-corrected chi connectivity index (χ1v) is 10.8. The molecule has 0 aliphatic heterocycles. The summed E-state index contributed by atoms with van der Waals surface area (Å²) in [5.41, 5.74) is 0.982. The van der Waals surface area contributed by atoms with Crippen molar-refractivity contribution < 1.29 is 17.6 Å².